The van der Waals surface area contributed by atoms with Crippen LogP contribution in [0.15, 0.2) is 16.9 Å². The van der Waals surface area contributed by atoms with Gasteiger partial charge in [0.25, 0.3) is 5.56 Å². The topological polar surface area (TPSA) is 58.2 Å². The molecule has 1 rings (SSSR count). The number of nitrogens with zero attached hydrogens (tertiary/aromatic N) is 2. The van der Waals surface area contributed by atoms with Gasteiger partial charge in [-0.05, 0) is 6.07 Å². The van der Waals surface area contributed by atoms with E-state index in [1.54, 1.807) is 13.2 Å². The second kappa shape index (κ2) is 4.61. The molecule has 0 saturated carbocycles. The van der Waals surface area contributed by atoms with Crippen molar-refractivity contribution in [2.45, 2.75) is 0 Å². The van der Waals surface area contributed by atoms with Crippen LogP contribution in [0.2, 0.25) is 0 Å². The lowest BCUT2D eigenvalue weighted by Gasteiger charge is -2.16. The van der Waals surface area contributed by atoms with Crippen molar-refractivity contribution < 1.29 is 4.74 Å². The molecule has 0 spiro atoms. The van der Waals surface area contributed by atoms with E-state index in [-0.39, 0.29) is 5.56 Å². The monoisotopic (exact) mass is 183 g/mol. The van der Waals surface area contributed by atoms with Crippen molar-refractivity contribution >= 4 is 5.82 Å². The summed E-state index contributed by atoms with van der Waals surface area (Å²) in [5.41, 5.74) is -0.191. The summed E-state index contributed by atoms with van der Waals surface area (Å²) < 4.78 is 4.92. The quantitative estimate of drug-likeness (QED) is 0.705. The molecule has 0 aliphatic rings. The third-order valence-corrected chi connectivity index (χ3v) is 1.69. The highest BCUT2D eigenvalue weighted by atomic mass is 16.5. The normalized spacial score (nSPS) is 10.0. The molecule has 5 heteroatoms. The minimum Gasteiger partial charge on any atom is -0.383 e. The van der Waals surface area contributed by atoms with Crippen molar-refractivity contribution in [3.8, 4) is 0 Å². The lowest BCUT2D eigenvalue weighted by Crippen LogP contribution is -2.24. The third-order valence-electron chi connectivity index (χ3n) is 1.69. The van der Waals surface area contributed by atoms with E-state index in [1.165, 1.54) is 6.07 Å². The van der Waals surface area contributed by atoms with Gasteiger partial charge in [0, 0.05) is 26.8 Å². The molecule has 1 aromatic heterocycles. The number of methoxy groups -OCH3 is 1. The molecule has 0 bridgehead atoms. The van der Waals surface area contributed by atoms with E-state index in [2.05, 4.69) is 10.2 Å². The lowest BCUT2D eigenvalue weighted by molar-refractivity contribution is 0.206. The van der Waals surface area contributed by atoms with Crippen LogP contribution in [-0.4, -0.2) is 37.5 Å². The predicted octanol–water partition coefficient (Wildman–Crippen LogP) is -0.147. The van der Waals surface area contributed by atoms with Gasteiger partial charge in [0.1, 0.15) is 5.82 Å². The van der Waals surface area contributed by atoms with Crippen molar-refractivity contribution in [1.29, 1.82) is 0 Å². The van der Waals surface area contributed by atoms with Gasteiger partial charge in [-0.25, -0.2) is 5.10 Å². The minimum absolute atomic E-state index is 0.191. The Balaban J connectivity index is 2.60. The summed E-state index contributed by atoms with van der Waals surface area (Å²) >= 11 is 0. The summed E-state index contributed by atoms with van der Waals surface area (Å²) in [6.07, 6.45) is 0. The second-order valence-corrected chi connectivity index (χ2v) is 2.69. The average molecular weight is 183 g/mol. The first-order valence-electron chi connectivity index (χ1n) is 4.00. The first kappa shape index (κ1) is 9.73. The van der Waals surface area contributed by atoms with Crippen molar-refractivity contribution in [2.75, 3.05) is 32.2 Å². The highest BCUT2D eigenvalue weighted by molar-refractivity contribution is 5.34. The number of H-pyrrole nitrogens is 1. The number of nitrogens with one attached hydrogen (secondary N) is 1. The van der Waals surface area contributed by atoms with E-state index in [4.69, 9.17) is 4.74 Å². The molecule has 13 heavy (non-hydrogen) atoms. The fraction of sp³-hybridized carbons (Fsp3) is 0.500. The van der Waals surface area contributed by atoms with Gasteiger partial charge < -0.3 is 9.64 Å². The van der Waals surface area contributed by atoms with E-state index < -0.39 is 0 Å². The molecule has 5 nitrogen and oxygen atoms in total. The first-order valence-corrected chi connectivity index (χ1v) is 4.00. The smallest absolute Gasteiger partial charge is 0.264 e. The van der Waals surface area contributed by atoms with Crippen molar-refractivity contribution in [3.05, 3.63) is 22.5 Å². The largest absolute Gasteiger partial charge is 0.383 e. The molecule has 72 valence electrons. The summed E-state index contributed by atoms with van der Waals surface area (Å²) in [6.45, 7) is 1.38. The number of hydrogen-bond acceptors (Lipinski definition) is 4. The zero-order valence-electron chi connectivity index (χ0n) is 7.78. The fourth-order valence-electron chi connectivity index (χ4n) is 0.892. The van der Waals surface area contributed by atoms with Crippen molar-refractivity contribution in [1.82, 2.24) is 10.2 Å². The summed E-state index contributed by atoms with van der Waals surface area (Å²) in [7, 11) is 3.54. The zero-order valence-corrected chi connectivity index (χ0v) is 7.78. The molecular weight excluding hydrogens is 170 g/mol. The second-order valence-electron chi connectivity index (χ2n) is 2.69. The average Bonchev–Trinajstić information content (AvgIpc) is 2.15. The van der Waals surface area contributed by atoms with Gasteiger partial charge in [0.2, 0.25) is 0 Å². The molecule has 0 saturated heterocycles. The van der Waals surface area contributed by atoms with Gasteiger partial charge in [-0.3, -0.25) is 4.79 Å². The van der Waals surface area contributed by atoms with Crippen LogP contribution in [0.4, 0.5) is 5.82 Å². The SMILES string of the molecule is COCCN(C)c1ccc(=O)[nH]n1. The fourth-order valence-corrected chi connectivity index (χ4v) is 0.892. The van der Waals surface area contributed by atoms with Gasteiger partial charge in [-0.15, -0.1) is 0 Å². The van der Waals surface area contributed by atoms with E-state index in [0.29, 0.717) is 6.61 Å². The van der Waals surface area contributed by atoms with Crippen molar-refractivity contribution in [2.24, 2.45) is 0 Å². The number of rotatable bonds is 4. The third kappa shape index (κ3) is 2.87. The number of aromatic amines is 1. The molecule has 1 heterocycles. The van der Waals surface area contributed by atoms with Crippen LogP contribution in [-0.2, 0) is 4.74 Å². The Bertz CT molecular complexity index is 290. The highest BCUT2D eigenvalue weighted by Crippen LogP contribution is 2.02. The van der Waals surface area contributed by atoms with Gasteiger partial charge in [0.15, 0.2) is 0 Å². The Morgan fingerprint density at radius 2 is 2.38 bits per heavy atom. The molecular formula is C8H13N3O2. The predicted molar refractivity (Wildman–Crippen MR) is 50.0 cm³/mol. The van der Waals surface area contributed by atoms with Gasteiger partial charge in [-0.1, -0.05) is 0 Å². The first-order chi connectivity index (χ1) is 6.24. The zero-order chi connectivity index (χ0) is 9.68. The summed E-state index contributed by atoms with van der Waals surface area (Å²) in [5.74, 6) is 0.733. The highest BCUT2D eigenvalue weighted by Gasteiger charge is 2.00. The molecule has 0 aromatic carbocycles. The maximum absolute atomic E-state index is 10.7. The Morgan fingerprint density at radius 1 is 1.62 bits per heavy atom. The van der Waals surface area contributed by atoms with Crippen LogP contribution in [0.5, 0.6) is 0 Å². The Morgan fingerprint density at radius 3 is 2.92 bits per heavy atom. The molecule has 0 amide bonds. The van der Waals surface area contributed by atoms with Crippen LogP contribution in [0.1, 0.15) is 0 Å². The van der Waals surface area contributed by atoms with E-state index in [1.807, 2.05) is 11.9 Å². The van der Waals surface area contributed by atoms with Gasteiger partial charge >= 0.3 is 0 Å². The number of likely N-dealkylation sites (N-methyl/N-ethyl adjacent to an activating group) is 1. The molecule has 0 unspecified atom stereocenters. The lowest BCUT2D eigenvalue weighted by atomic mass is 10.5. The van der Waals surface area contributed by atoms with Crippen LogP contribution in [0.25, 0.3) is 0 Å². The minimum atomic E-state index is -0.191. The van der Waals surface area contributed by atoms with Gasteiger partial charge in [-0.2, -0.15) is 5.10 Å². The number of aromatic nitrogens is 2. The van der Waals surface area contributed by atoms with E-state index >= 15 is 0 Å². The molecule has 1 N–H and O–H groups in total. The Labute approximate surface area is 76.3 Å². The molecule has 0 radical (unpaired) electrons. The Hall–Kier alpha value is -1.36. The van der Waals surface area contributed by atoms with Crippen LogP contribution in [0.3, 0.4) is 0 Å². The summed E-state index contributed by atoms with van der Waals surface area (Å²) in [4.78, 5) is 12.6. The van der Waals surface area contributed by atoms with Crippen molar-refractivity contribution in [3.63, 3.8) is 0 Å². The molecule has 0 atom stereocenters. The maximum Gasteiger partial charge on any atom is 0.264 e. The summed E-state index contributed by atoms with van der Waals surface area (Å²) in [6, 6.07) is 3.13. The molecule has 0 aliphatic carbocycles. The standard InChI is InChI=1S/C8H13N3O2/c1-11(5-6-13-2)7-3-4-8(12)10-9-7/h3-4H,5-6H2,1-2H3,(H,10,12). The van der Waals surface area contributed by atoms with E-state index in [9.17, 15) is 4.79 Å². The maximum atomic E-state index is 10.7. The number of ether oxygens (including phenoxy) is 1. The van der Waals surface area contributed by atoms with Crippen LogP contribution < -0.4 is 10.5 Å². The van der Waals surface area contributed by atoms with Crippen LogP contribution >= 0.6 is 0 Å². The molecule has 0 fully saturated rings. The number of anilines is 1. The molecule has 0 aliphatic heterocycles. The van der Waals surface area contributed by atoms with Gasteiger partial charge in [0.05, 0.1) is 6.61 Å². The number of hydrogen-bond donors (Lipinski definition) is 1. The van der Waals surface area contributed by atoms with E-state index in [0.717, 1.165) is 12.4 Å². The van der Waals surface area contributed by atoms with Crippen LogP contribution in [0, 0.1) is 0 Å². The summed E-state index contributed by atoms with van der Waals surface area (Å²) in [5, 5.41) is 6.23. The molecule has 1 aromatic rings. The Kier molecular flexibility index (Phi) is 3.45.